The van der Waals surface area contributed by atoms with Crippen LogP contribution in [0, 0.1) is 23.7 Å². The molecule has 0 amide bonds. The van der Waals surface area contributed by atoms with Gasteiger partial charge in [0.25, 0.3) is 10.1 Å². The van der Waals surface area contributed by atoms with Crippen LogP contribution in [0.15, 0.2) is 0 Å². The quantitative estimate of drug-likeness (QED) is 0.567. The summed E-state index contributed by atoms with van der Waals surface area (Å²) in [6.07, 6.45) is -1.65. The highest BCUT2D eigenvalue weighted by Gasteiger charge is 2.72. The summed E-state index contributed by atoms with van der Waals surface area (Å²) >= 11 is 0. The van der Waals surface area contributed by atoms with Gasteiger partial charge in [0.1, 0.15) is 23.4 Å². The fourth-order valence-corrected chi connectivity index (χ4v) is 5.87. The van der Waals surface area contributed by atoms with Gasteiger partial charge in [0, 0.05) is 5.92 Å². The second-order valence-electron chi connectivity index (χ2n) is 6.95. The topological polar surface area (TPSA) is 78.9 Å². The van der Waals surface area contributed by atoms with Crippen LogP contribution in [0.3, 0.4) is 0 Å². The normalized spacial score (nSPS) is 43.0. The summed E-state index contributed by atoms with van der Waals surface area (Å²) in [5, 5.41) is -0.637. The highest BCUT2D eigenvalue weighted by atomic mass is 32.2. The van der Waals surface area contributed by atoms with E-state index in [1.165, 1.54) is 0 Å². The molecular formula is C14H22O6S. The third-order valence-corrected chi connectivity index (χ3v) is 6.35. The van der Waals surface area contributed by atoms with Crippen molar-refractivity contribution < 1.29 is 26.9 Å². The molecule has 3 saturated heterocycles. The number of rotatable bonds is 4. The maximum absolute atomic E-state index is 12.3. The number of hydrogen-bond donors (Lipinski definition) is 0. The maximum Gasteiger partial charge on any atom is 0.314 e. The van der Waals surface area contributed by atoms with Crippen LogP contribution in [0.1, 0.15) is 27.7 Å². The predicted octanol–water partition coefficient (Wildman–Crippen LogP) is 0.952. The van der Waals surface area contributed by atoms with Gasteiger partial charge in [0.15, 0.2) is 0 Å². The van der Waals surface area contributed by atoms with Gasteiger partial charge < -0.3 is 9.47 Å². The van der Waals surface area contributed by atoms with Crippen molar-refractivity contribution in [2.75, 3.05) is 6.61 Å². The fourth-order valence-electron chi connectivity index (χ4n) is 3.80. The highest BCUT2D eigenvalue weighted by Crippen LogP contribution is 2.55. The highest BCUT2D eigenvalue weighted by molar-refractivity contribution is 7.87. The lowest BCUT2D eigenvalue weighted by Crippen LogP contribution is -2.47. The van der Waals surface area contributed by atoms with Crippen molar-refractivity contribution in [1.82, 2.24) is 0 Å². The average Bonchev–Trinajstić information content (AvgIpc) is 2.94. The lowest BCUT2D eigenvalue weighted by Gasteiger charge is -2.29. The smallest absolute Gasteiger partial charge is 0.314 e. The first-order valence-electron chi connectivity index (χ1n) is 7.48. The molecule has 7 heteroatoms. The predicted molar refractivity (Wildman–Crippen MR) is 73.9 cm³/mol. The van der Waals surface area contributed by atoms with E-state index in [1.807, 2.05) is 27.7 Å². The number of esters is 1. The first-order chi connectivity index (χ1) is 9.74. The Balaban J connectivity index is 1.87. The Labute approximate surface area is 125 Å². The van der Waals surface area contributed by atoms with Crippen LogP contribution < -0.4 is 0 Å². The van der Waals surface area contributed by atoms with Gasteiger partial charge in [-0.1, -0.05) is 27.7 Å². The Morgan fingerprint density at radius 3 is 2.38 bits per heavy atom. The molecular weight excluding hydrogens is 296 g/mol. The van der Waals surface area contributed by atoms with Crippen LogP contribution in [-0.2, 0) is 28.6 Å². The Morgan fingerprint density at radius 2 is 1.81 bits per heavy atom. The summed E-state index contributed by atoms with van der Waals surface area (Å²) in [6.45, 7) is 8.13. The van der Waals surface area contributed by atoms with Gasteiger partial charge in [0.2, 0.25) is 0 Å². The third kappa shape index (κ3) is 2.21. The molecule has 0 aromatic rings. The third-order valence-electron chi connectivity index (χ3n) is 4.61. The number of hydrogen-bond acceptors (Lipinski definition) is 6. The summed E-state index contributed by atoms with van der Waals surface area (Å²) < 4.78 is 40.6. The molecule has 0 radical (unpaired) electrons. The van der Waals surface area contributed by atoms with Crippen LogP contribution in [0.4, 0.5) is 0 Å². The SMILES string of the molecule is CC(C)COC(=O)C1C2OS(=O)(=O)C3C2OC1C3C(C)C. The monoisotopic (exact) mass is 318 g/mol. The molecule has 6 unspecified atom stereocenters. The van der Waals surface area contributed by atoms with E-state index in [0.717, 1.165) is 0 Å². The number of carbonyl (C=O) groups is 1. The molecule has 0 spiro atoms. The zero-order valence-corrected chi connectivity index (χ0v) is 13.5. The standard InChI is InChI=1S/C14H22O6S/c1-6(2)5-18-14(15)9-10-8(7(3)4)13-12(19-10)11(9)20-21(13,16)17/h6-13H,5H2,1-4H3. The van der Waals surface area contributed by atoms with Crippen molar-refractivity contribution in [3.05, 3.63) is 0 Å². The molecule has 3 heterocycles. The molecule has 0 N–H and O–H groups in total. The van der Waals surface area contributed by atoms with E-state index in [9.17, 15) is 13.2 Å². The van der Waals surface area contributed by atoms with E-state index in [1.54, 1.807) is 0 Å². The second kappa shape index (κ2) is 4.93. The maximum atomic E-state index is 12.3. The first kappa shape index (κ1) is 15.2. The van der Waals surface area contributed by atoms with Gasteiger partial charge in [-0.25, -0.2) is 0 Å². The molecule has 120 valence electrons. The van der Waals surface area contributed by atoms with Crippen LogP contribution in [0.2, 0.25) is 0 Å². The van der Waals surface area contributed by atoms with Crippen molar-refractivity contribution in [3.8, 4) is 0 Å². The van der Waals surface area contributed by atoms with E-state index in [0.29, 0.717) is 6.61 Å². The second-order valence-corrected chi connectivity index (χ2v) is 8.68. The van der Waals surface area contributed by atoms with Gasteiger partial charge in [-0.2, -0.15) is 8.42 Å². The summed E-state index contributed by atoms with van der Waals surface area (Å²) in [4.78, 5) is 12.3. The summed E-state index contributed by atoms with van der Waals surface area (Å²) in [6, 6.07) is 0. The van der Waals surface area contributed by atoms with Gasteiger partial charge in [-0.3, -0.25) is 8.98 Å². The van der Waals surface area contributed by atoms with Gasteiger partial charge in [-0.05, 0) is 11.8 Å². The minimum Gasteiger partial charge on any atom is -0.465 e. The zero-order chi connectivity index (χ0) is 15.5. The molecule has 21 heavy (non-hydrogen) atoms. The number of fused-ring (bicyclic) bond motifs is 1. The Hall–Kier alpha value is -0.660. The van der Waals surface area contributed by atoms with Crippen molar-refractivity contribution in [1.29, 1.82) is 0 Å². The molecule has 0 aromatic heterocycles. The largest absolute Gasteiger partial charge is 0.465 e. The minimum absolute atomic E-state index is 0.0998. The van der Waals surface area contributed by atoms with E-state index in [4.69, 9.17) is 13.7 Å². The average molecular weight is 318 g/mol. The Bertz CT molecular complexity index is 540. The molecule has 3 fully saturated rings. The van der Waals surface area contributed by atoms with E-state index in [-0.39, 0.29) is 17.8 Å². The van der Waals surface area contributed by atoms with Crippen molar-refractivity contribution in [2.45, 2.75) is 51.3 Å². The summed E-state index contributed by atoms with van der Waals surface area (Å²) in [7, 11) is -3.66. The lowest BCUT2D eigenvalue weighted by molar-refractivity contribution is -0.154. The molecule has 6 nitrogen and oxygen atoms in total. The molecule has 0 aromatic carbocycles. The molecule has 3 aliphatic rings. The van der Waals surface area contributed by atoms with Crippen molar-refractivity contribution in [2.24, 2.45) is 23.7 Å². The van der Waals surface area contributed by atoms with Gasteiger partial charge in [-0.15, -0.1) is 0 Å². The van der Waals surface area contributed by atoms with Crippen LogP contribution in [0.25, 0.3) is 0 Å². The minimum atomic E-state index is -3.66. The molecule has 0 aliphatic carbocycles. The zero-order valence-electron chi connectivity index (χ0n) is 12.7. The van der Waals surface area contributed by atoms with Gasteiger partial charge >= 0.3 is 5.97 Å². The molecule has 3 rings (SSSR count). The van der Waals surface area contributed by atoms with E-state index >= 15 is 0 Å². The number of carbonyl (C=O) groups excluding carboxylic acids is 1. The van der Waals surface area contributed by atoms with E-state index in [2.05, 4.69) is 0 Å². The summed E-state index contributed by atoms with van der Waals surface area (Å²) in [5.74, 6) is -0.911. The molecule has 6 atom stereocenters. The number of ether oxygens (including phenoxy) is 2. The Morgan fingerprint density at radius 1 is 1.14 bits per heavy atom. The van der Waals surface area contributed by atoms with Crippen LogP contribution in [0.5, 0.6) is 0 Å². The van der Waals surface area contributed by atoms with Crippen LogP contribution in [-0.4, -0.2) is 44.6 Å². The van der Waals surface area contributed by atoms with Gasteiger partial charge in [0.05, 0.1) is 12.7 Å². The van der Waals surface area contributed by atoms with E-state index < -0.39 is 45.6 Å². The summed E-state index contributed by atoms with van der Waals surface area (Å²) in [5.41, 5.74) is 0. The molecule has 3 aliphatic heterocycles. The molecule has 0 saturated carbocycles. The van der Waals surface area contributed by atoms with Crippen molar-refractivity contribution >= 4 is 16.1 Å². The molecule has 2 bridgehead atoms. The first-order valence-corrected chi connectivity index (χ1v) is 8.95. The Kier molecular flexibility index (Phi) is 3.58. The van der Waals surface area contributed by atoms with Crippen LogP contribution >= 0.6 is 0 Å². The fraction of sp³-hybridized carbons (Fsp3) is 0.929. The van der Waals surface area contributed by atoms with Crippen molar-refractivity contribution in [3.63, 3.8) is 0 Å². The lowest BCUT2D eigenvalue weighted by atomic mass is 9.74.